The van der Waals surface area contributed by atoms with Gasteiger partial charge in [-0.05, 0) is 53.4 Å². The van der Waals surface area contributed by atoms with Gasteiger partial charge in [0, 0.05) is 38.9 Å². The summed E-state index contributed by atoms with van der Waals surface area (Å²) in [6, 6.07) is 0.760. The number of nitrogens with one attached hydrogen (secondary N) is 1. The molecule has 0 aromatic carbocycles. The molecule has 1 unspecified atom stereocenters. The lowest BCUT2D eigenvalue weighted by molar-refractivity contribution is 0.143. The van der Waals surface area contributed by atoms with Crippen LogP contribution in [0.5, 0.6) is 0 Å². The Morgan fingerprint density at radius 2 is 2.11 bits per heavy atom. The fourth-order valence-corrected chi connectivity index (χ4v) is 2.40. The zero-order valence-corrected chi connectivity index (χ0v) is 12.5. The van der Waals surface area contributed by atoms with Crippen molar-refractivity contribution in [2.24, 2.45) is 0 Å². The molecule has 1 N–H and O–H groups in total. The highest BCUT2D eigenvalue weighted by molar-refractivity contribution is 4.80. The highest BCUT2D eigenvalue weighted by Crippen LogP contribution is 2.11. The number of ether oxygens (including phenoxy) is 1. The van der Waals surface area contributed by atoms with E-state index < -0.39 is 0 Å². The van der Waals surface area contributed by atoms with Crippen molar-refractivity contribution in [3.8, 4) is 0 Å². The first kappa shape index (κ1) is 15.9. The molecule has 18 heavy (non-hydrogen) atoms. The molecule has 1 rings (SSSR count). The van der Waals surface area contributed by atoms with Gasteiger partial charge in [-0.25, -0.2) is 0 Å². The van der Waals surface area contributed by atoms with Crippen LogP contribution in [-0.2, 0) is 4.74 Å². The summed E-state index contributed by atoms with van der Waals surface area (Å²) in [6.07, 6.45) is 3.72. The maximum Gasteiger partial charge on any atom is 0.0466 e. The molecular formula is C14H31N3O. The number of likely N-dealkylation sites (tertiary alicyclic amines) is 1. The summed E-state index contributed by atoms with van der Waals surface area (Å²) in [5.74, 6) is 0. The minimum Gasteiger partial charge on any atom is -0.382 e. The predicted molar refractivity (Wildman–Crippen MR) is 77.1 cm³/mol. The van der Waals surface area contributed by atoms with Crippen LogP contribution in [-0.4, -0.2) is 75.9 Å². The van der Waals surface area contributed by atoms with Crippen molar-refractivity contribution >= 4 is 0 Å². The van der Waals surface area contributed by atoms with E-state index in [-0.39, 0.29) is 0 Å². The molecule has 0 aromatic heterocycles. The lowest BCUT2D eigenvalue weighted by atomic mass is 10.2. The Morgan fingerprint density at radius 1 is 1.28 bits per heavy atom. The standard InChI is InChI=1S/C14H31N3O/c1-4-18-12-6-5-8-15-9-11-17-10-7-14(13-17)16(2)3/h14-15H,4-13H2,1-3H3. The average molecular weight is 257 g/mol. The second kappa shape index (κ2) is 9.73. The minimum absolute atomic E-state index is 0.760. The van der Waals surface area contributed by atoms with E-state index in [9.17, 15) is 0 Å². The van der Waals surface area contributed by atoms with Gasteiger partial charge in [-0.2, -0.15) is 0 Å². The van der Waals surface area contributed by atoms with E-state index in [1.807, 2.05) is 0 Å². The van der Waals surface area contributed by atoms with E-state index in [2.05, 4.69) is 36.1 Å². The van der Waals surface area contributed by atoms with Crippen LogP contribution in [0.1, 0.15) is 26.2 Å². The summed E-state index contributed by atoms with van der Waals surface area (Å²) in [7, 11) is 4.37. The molecule has 0 aliphatic carbocycles. The number of likely N-dealkylation sites (N-methyl/N-ethyl adjacent to an activating group) is 1. The zero-order chi connectivity index (χ0) is 13.2. The quantitative estimate of drug-likeness (QED) is 0.592. The number of hydrogen-bond donors (Lipinski definition) is 1. The van der Waals surface area contributed by atoms with E-state index in [0.29, 0.717) is 0 Å². The normalized spacial score (nSPS) is 21.0. The fraction of sp³-hybridized carbons (Fsp3) is 1.00. The molecule has 1 atom stereocenters. The topological polar surface area (TPSA) is 27.7 Å². The number of hydrogen-bond acceptors (Lipinski definition) is 4. The number of nitrogens with zero attached hydrogens (tertiary/aromatic N) is 2. The highest BCUT2D eigenvalue weighted by Gasteiger charge is 2.22. The van der Waals surface area contributed by atoms with Gasteiger partial charge in [0.25, 0.3) is 0 Å². The molecule has 4 nitrogen and oxygen atoms in total. The Bertz CT molecular complexity index is 199. The Morgan fingerprint density at radius 3 is 2.78 bits per heavy atom. The van der Waals surface area contributed by atoms with Crippen molar-refractivity contribution in [2.75, 3.05) is 60.0 Å². The lowest BCUT2D eigenvalue weighted by Gasteiger charge is -2.20. The van der Waals surface area contributed by atoms with Crippen LogP contribution in [0.2, 0.25) is 0 Å². The third kappa shape index (κ3) is 6.69. The molecular weight excluding hydrogens is 226 g/mol. The van der Waals surface area contributed by atoms with Crippen molar-refractivity contribution in [1.29, 1.82) is 0 Å². The molecule has 1 heterocycles. The highest BCUT2D eigenvalue weighted by atomic mass is 16.5. The third-order valence-corrected chi connectivity index (χ3v) is 3.68. The summed E-state index contributed by atoms with van der Waals surface area (Å²) >= 11 is 0. The van der Waals surface area contributed by atoms with Crippen LogP contribution >= 0.6 is 0 Å². The van der Waals surface area contributed by atoms with Gasteiger partial charge in [0.15, 0.2) is 0 Å². The van der Waals surface area contributed by atoms with Gasteiger partial charge in [0.05, 0.1) is 0 Å². The molecule has 0 bridgehead atoms. The van der Waals surface area contributed by atoms with Crippen molar-refractivity contribution in [3.63, 3.8) is 0 Å². The van der Waals surface area contributed by atoms with Crippen molar-refractivity contribution in [3.05, 3.63) is 0 Å². The van der Waals surface area contributed by atoms with Crippen LogP contribution in [0, 0.1) is 0 Å². The van der Waals surface area contributed by atoms with Crippen molar-refractivity contribution in [1.82, 2.24) is 15.1 Å². The maximum atomic E-state index is 5.31. The second-order valence-corrected chi connectivity index (χ2v) is 5.36. The summed E-state index contributed by atoms with van der Waals surface area (Å²) in [6.45, 7) is 9.73. The average Bonchev–Trinajstić information content (AvgIpc) is 2.81. The smallest absolute Gasteiger partial charge is 0.0466 e. The van der Waals surface area contributed by atoms with E-state index >= 15 is 0 Å². The van der Waals surface area contributed by atoms with Crippen LogP contribution in [0.3, 0.4) is 0 Å². The molecule has 108 valence electrons. The van der Waals surface area contributed by atoms with Crippen LogP contribution in [0.25, 0.3) is 0 Å². The Balaban J connectivity index is 1.87. The summed E-state index contributed by atoms with van der Waals surface area (Å²) in [5.41, 5.74) is 0. The van der Waals surface area contributed by atoms with Gasteiger partial charge >= 0.3 is 0 Å². The largest absolute Gasteiger partial charge is 0.382 e. The lowest BCUT2D eigenvalue weighted by Crippen LogP contribution is -2.35. The van der Waals surface area contributed by atoms with E-state index in [1.54, 1.807) is 0 Å². The minimum atomic E-state index is 0.760. The van der Waals surface area contributed by atoms with Crippen LogP contribution < -0.4 is 5.32 Å². The summed E-state index contributed by atoms with van der Waals surface area (Å²) < 4.78 is 5.31. The molecule has 1 aliphatic heterocycles. The van der Waals surface area contributed by atoms with Gasteiger partial charge < -0.3 is 19.9 Å². The summed E-state index contributed by atoms with van der Waals surface area (Å²) in [5, 5.41) is 3.52. The first-order chi connectivity index (χ1) is 8.74. The first-order valence-electron chi connectivity index (χ1n) is 7.41. The number of unbranched alkanes of at least 4 members (excludes halogenated alkanes) is 1. The molecule has 1 aliphatic rings. The molecule has 0 spiro atoms. The molecule has 1 saturated heterocycles. The summed E-state index contributed by atoms with van der Waals surface area (Å²) in [4.78, 5) is 4.92. The van der Waals surface area contributed by atoms with Crippen LogP contribution in [0.4, 0.5) is 0 Å². The molecule has 0 amide bonds. The predicted octanol–water partition coefficient (Wildman–Crippen LogP) is 1.03. The zero-order valence-electron chi connectivity index (χ0n) is 12.5. The van der Waals surface area contributed by atoms with E-state index in [1.165, 1.54) is 38.9 Å². The molecule has 4 heteroatoms. The monoisotopic (exact) mass is 257 g/mol. The Kier molecular flexibility index (Phi) is 8.59. The molecule has 0 aromatic rings. The van der Waals surface area contributed by atoms with E-state index in [0.717, 1.165) is 32.3 Å². The van der Waals surface area contributed by atoms with Gasteiger partial charge in [0.1, 0.15) is 0 Å². The van der Waals surface area contributed by atoms with Crippen molar-refractivity contribution < 1.29 is 4.74 Å². The van der Waals surface area contributed by atoms with Gasteiger partial charge in [-0.1, -0.05) is 0 Å². The first-order valence-corrected chi connectivity index (χ1v) is 7.41. The second-order valence-electron chi connectivity index (χ2n) is 5.36. The van der Waals surface area contributed by atoms with Gasteiger partial charge in [-0.15, -0.1) is 0 Å². The van der Waals surface area contributed by atoms with Gasteiger partial charge in [-0.3, -0.25) is 0 Å². The SMILES string of the molecule is CCOCCCCNCCN1CCC(N(C)C)C1. The third-order valence-electron chi connectivity index (χ3n) is 3.68. The Hall–Kier alpha value is -0.160. The number of rotatable bonds is 10. The Labute approximate surface area is 113 Å². The van der Waals surface area contributed by atoms with E-state index in [4.69, 9.17) is 4.74 Å². The molecule has 0 saturated carbocycles. The molecule has 1 fully saturated rings. The van der Waals surface area contributed by atoms with Crippen molar-refractivity contribution in [2.45, 2.75) is 32.2 Å². The van der Waals surface area contributed by atoms with Gasteiger partial charge in [0.2, 0.25) is 0 Å². The fourth-order valence-electron chi connectivity index (χ4n) is 2.40. The molecule has 0 radical (unpaired) electrons. The maximum absolute atomic E-state index is 5.31. The van der Waals surface area contributed by atoms with Crippen LogP contribution in [0.15, 0.2) is 0 Å².